The molecule has 4 aliphatic rings. The van der Waals surface area contributed by atoms with Crippen molar-refractivity contribution in [2.75, 3.05) is 6.61 Å². The molecule has 0 radical (unpaired) electrons. The van der Waals surface area contributed by atoms with Gasteiger partial charge in [-0.1, -0.05) is 60.1 Å². The number of carboxylic acids is 2. The lowest BCUT2D eigenvalue weighted by atomic mass is 9.45. The molecule has 0 amide bonds. The highest BCUT2D eigenvalue weighted by Gasteiger charge is 2.76. The third-order valence-corrected chi connectivity index (χ3v) is 11.3. The lowest BCUT2D eigenvalue weighted by Gasteiger charge is -2.64. The number of hydrogen-bond donors (Lipinski definition) is 3. The summed E-state index contributed by atoms with van der Waals surface area (Å²) in [4.78, 5) is 68.2. The quantitative estimate of drug-likeness (QED) is 0.165. The highest BCUT2D eigenvalue weighted by atomic mass is 35.6. The zero-order valence-electron chi connectivity index (χ0n) is 29.9. The third-order valence-electron chi connectivity index (χ3n) is 10.4. The molecule has 4 rings (SSSR count). The van der Waals surface area contributed by atoms with Gasteiger partial charge in [0.05, 0.1) is 11.0 Å². The number of aliphatic carboxylic acids is 2. The maximum atomic E-state index is 13.9. The first kappa shape index (κ1) is 46.8. The molecule has 3 fully saturated rings. The van der Waals surface area contributed by atoms with Crippen molar-refractivity contribution in [1.29, 1.82) is 0 Å². The zero-order chi connectivity index (χ0) is 39.8. The number of esters is 2. The zero-order valence-corrected chi connectivity index (χ0v) is 32.9. The monoisotopic (exact) mass is 804 g/mol. The van der Waals surface area contributed by atoms with Gasteiger partial charge >= 0.3 is 27.9 Å². The molecule has 0 aromatic carbocycles. The summed E-state index contributed by atoms with van der Waals surface area (Å²) >= 11 is 20.7. The van der Waals surface area contributed by atoms with E-state index in [0.717, 1.165) is 5.57 Å². The maximum absolute atomic E-state index is 13.9. The van der Waals surface area contributed by atoms with Gasteiger partial charge in [0, 0.05) is 42.4 Å². The standard InChI is InChI=1S/C28H37ClO7.2C3H6O2.CCl3F/c1-6-23(33)35-15-22(32)28(36-24(34)7-2)16(3)12-20-19-9-8-17-13-18(30)10-11-25(17,4)27(19,29)21(31)14-26(20,28)5;2*1-2-3(4)5;2-1(3,4)5/h10-11,13,16,19-21,31H,6-9,12,14-15H2,1-5H3;2*2H2,1H3,(H,4,5);/t16-,19-,20-,21-,25-,26-,27?,28-;;;/m0.../s1. The van der Waals surface area contributed by atoms with Gasteiger partial charge in [-0.2, -0.15) is 4.39 Å². The van der Waals surface area contributed by atoms with Crippen LogP contribution in [0.15, 0.2) is 23.8 Å². The number of hydrogen-bond acceptors (Lipinski definition) is 9. The number of carboxylic acid groups (broad SMARTS) is 2. The largest absolute Gasteiger partial charge is 0.481 e. The second-order valence-electron chi connectivity index (χ2n) is 13.3. The van der Waals surface area contributed by atoms with Crippen LogP contribution in [-0.2, 0) is 38.2 Å². The van der Waals surface area contributed by atoms with Crippen LogP contribution in [0.1, 0.15) is 99.8 Å². The smallest absolute Gasteiger partial charge is 0.333 e. The molecule has 0 aromatic heterocycles. The molecule has 4 aliphatic carbocycles. The van der Waals surface area contributed by atoms with Crippen LogP contribution in [0.25, 0.3) is 0 Å². The first-order valence-corrected chi connectivity index (χ1v) is 18.3. The molecule has 0 aromatic rings. The van der Waals surface area contributed by atoms with Crippen molar-refractivity contribution in [2.24, 2.45) is 28.6 Å². The Balaban J connectivity index is 0.000000730. The number of ketones is 2. The van der Waals surface area contributed by atoms with Gasteiger partial charge in [0.1, 0.15) is 0 Å². The van der Waals surface area contributed by atoms with Crippen LogP contribution < -0.4 is 0 Å². The van der Waals surface area contributed by atoms with Crippen molar-refractivity contribution in [1.82, 2.24) is 0 Å². The van der Waals surface area contributed by atoms with Crippen LogP contribution in [0.4, 0.5) is 4.39 Å². The predicted molar refractivity (Wildman–Crippen MR) is 190 cm³/mol. The Labute approximate surface area is 318 Å². The molecule has 16 heteroatoms. The number of carbonyl (C=O) groups excluding carboxylic acids is 4. The SMILES string of the molecule is CCC(=O)O.CCC(=O)O.CCC(=O)OCC(=O)[C@@]1(OC(=O)CC)[C@@H](C)C[C@H]2[C@@H]3CCC4=CC(=O)C=C[C@]4(C)C3(Cl)[C@@H](O)C[C@@]21C.FC(Cl)(Cl)Cl. The van der Waals surface area contributed by atoms with Crippen LogP contribution in [-0.4, -0.2) is 78.0 Å². The second-order valence-corrected chi connectivity index (χ2v) is 16.1. The minimum atomic E-state index is -2.58. The van der Waals surface area contributed by atoms with E-state index in [0.29, 0.717) is 19.3 Å². The summed E-state index contributed by atoms with van der Waals surface area (Å²) in [6, 6.07) is 0. The average Bonchev–Trinajstić information content (AvgIpc) is 3.26. The van der Waals surface area contributed by atoms with Gasteiger partial charge in [-0.05, 0) is 84.5 Å². The van der Waals surface area contributed by atoms with Crippen molar-refractivity contribution >= 4 is 81.8 Å². The van der Waals surface area contributed by atoms with E-state index in [2.05, 4.69) is 34.8 Å². The number of aliphatic hydroxyl groups is 1. The van der Waals surface area contributed by atoms with Gasteiger partial charge in [-0.3, -0.25) is 28.8 Å². The van der Waals surface area contributed by atoms with Crippen LogP contribution in [0, 0.1) is 28.6 Å². The fourth-order valence-electron chi connectivity index (χ4n) is 8.01. The fraction of sp³-hybridized carbons (Fsp3) is 0.714. The van der Waals surface area contributed by atoms with E-state index in [4.69, 9.17) is 31.3 Å². The molecule has 0 heterocycles. The molecular formula is C35H49Cl4FO11. The first-order valence-electron chi connectivity index (χ1n) is 16.8. The van der Waals surface area contributed by atoms with Crippen LogP contribution >= 0.6 is 46.4 Å². The van der Waals surface area contributed by atoms with Crippen LogP contribution in [0.5, 0.6) is 0 Å². The summed E-state index contributed by atoms with van der Waals surface area (Å²) in [6.45, 7) is 11.8. The van der Waals surface area contributed by atoms with Crippen LogP contribution in [0.3, 0.4) is 0 Å². The van der Waals surface area contributed by atoms with Crippen molar-refractivity contribution in [3.05, 3.63) is 23.8 Å². The Kier molecular flexibility index (Phi) is 17.1. The van der Waals surface area contributed by atoms with Crippen molar-refractivity contribution in [2.45, 2.75) is 120 Å². The van der Waals surface area contributed by atoms with E-state index in [1.54, 1.807) is 33.8 Å². The number of rotatable bonds is 8. The molecule has 8 atom stereocenters. The number of halogens is 5. The fourth-order valence-corrected chi connectivity index (χ4v) is 8.53. The van der Waals surface area contributed by atoms with Gasteiger partial charge < -0.3 is 24.8 Å². The Hall–Kier alpha value is -2.25. The summed E-state index contributed by atoms with van der Waals surface area (Å²) in [5.41, 5.74) is -2.27. The molecule has 0 spiro atoms. The lowest BCUT2D eigenvalue weighted by molar-refractivity contribution is -0.203. The van der Waals surface area contributed by atoms with Crippen molar-refractivity contribution in [3.63, 3.8) is 0 Å². The Morgan fingerprint density at radius 3 is 1.88 bits per heavy atom. The number of allylic oxidation sites excluding steroid dienone is 4. The molecule has 51 heavy (non-hydrogen) atoms. The summed E-state index contributed by atoms with van der Waals surface area (Å²) in [7, 11) is 0. The third kappa shape index (κ3) is 10.5. The van der Waals surface area contributed by atoms with E-state index < -0.39 is 67.7 Å². The molecule has 0 saturated heterocycles. The number of alkyl halides is 5. The molecule has 3 saturated carbocycles. The molecule has 0 bridgehead atoms. The molecule has 1 unspecified atom stereocenters. The number of ether oxygens (including phenoxy) is 2. The molecule has 0 aliphatic heterocycles. The number of fused-ring (bicyclic) bond motifs is 5. The highest BCUT2D eigenvalue weighted by molar-refractivity contribution is 6.66. The first-order chi connectivity index (χ1) is 23.4. The summed E-state index contributed by atoms with van der Waals surface area (Å²) in [6.07, 6.45) is 6.63. The van der Waals surface area contributed by atoms with Gasteiger partial charge in [-0.15, -0.1) is 11.6 Å². The van der Waals surface area contributed by atoms with Gasteiger partial charge in [0.25, 0.3) is 0 Å². The molecule has 290 valence electrons. The second kappa shape index (κ2) is 18.7. The number of carbonyl (C=O) groups is 6. The minimum Gasteiger partial charge on any atom is -0.481 e. The summed E-state index contributed by atoms with van der Waals surface area (Å²) in [5, 5.41) is 27.2. The number of aliphatic hydroxyl groups excluding tert-OH is 1. The Morgan fingerprint density at radius 2 is 1.43 bits per heavy atom. The van der Waals surface area contributed by atoms with Gasteiger partial charge in [0.2, 0.25) is 5.78 Å². The minimum absolute atomic E-state index is 0.0801. The van der Waals surface area contributed by atoms with Crippen LogP contribution in [0.2, 0.25) is 0 Å². The van der Waals surface area contributed by atoms with Gasteiger partial charge in [-0.25, -0.2) is 0 Å². The topological polar surface area (TPSA) is 182 Å². The maximum Gasteiger partial charge on any atom is 0.333 e. The molecule has 11 nitrogen and oxygen atoms in total. The summed E-state index contributed by atoms with van der Waals surface area (Å²) in [5.74, 6) is -3.73. The lowest BCUT2D eigenvalue weighted by Crippen LogP contribution is -2.69. The molecular weight excluding hydrogens is 757 g/mol. The number of Topliss-reactive ketones (excluding diaryl/α,β-unsaturated/α-hetero) is 1. The van der Waals surface area contributed by atoms with Gasteiger partial charge in [0.15, 0.2) is 18.0 Å². The van der Waals surface area contributed by atoms with Crippen molar-refractivity contribution < 1.29 is 58.0 Å². The average molecular weight is 807 g/mol. The van der Waals surface area contributed by atoms with E-state index in [-0.39, 0.29) is 55.6 Å². The Bertz CT molecular complexity index is 1360. The van der Waals surface area contributed by atoms with E-state index >= 15 is 0 Å². The van der Waals surface area contributed by atoms with E-state index in [1.165, 1.54) is 6.08 Å². The normalized spacial score (nSPS) is 33.0. The predicted octanol–water partition coefficient (Wildman–Crippen LogP) is 7.33. The van der Waals surface area contributed by atoms with E-state index in [1.807, 2.05) is 26.8 Å². The highest BCUT2D eigenvalue weighted by Crippen LogP contribution is 2.72. The van der Waals surface area contributed by atoms with E-state index in [9.17, 15) is 38.3 Å². The Morgan fingerprint density at radius 1 is 0.941 bits per heavy atom. The molecule has 3 N–H and O–H groups in total. The van der Waals surface area contributed by atoms with Crippen molar-refractivity contribution in [3.8, 4) is 0 Å². The summed E-state index contributed by atoms with van der Waals surface area (Å²) < 4.78 is 19.7.